The standard InChI is InChI=1S/C42H24O/c1-2-9-28-25(8-1)18-19-26-24-27(20-21-29(26)28)30-12-5-16-38-41-36(15-7-17-39(41)43-42(30)38)33-22-23-37-32-11-4-3-10-31(32)34-13-6-14-35(33)40(34)37/h1-24H. The average Bonchev–Trinajstić information content (AvgIpc) is 3.62. The Labute approximate surface area is 248 Å². The minimum absolute atomic E-state index is 0.915. The fourth-order valence-electron chi connectivity index (χ4n) is 7.52. The van der Waals surface area contributed by atoms with Crippen LogP contribution in [0.1, 0.15) is 0 Å². The van der Waals surface area contributed by atoms with Gasteiger partial charge in [-0.15, -0.1) is 0 Å². The van der Waals surface area contributed by atoms with Gasteiger partial charge in [-0.25, -0.2) is 0 Å². The van der Waals surface area contributed by atoms with Crippen LogP contribution in [0.25, 0.3) is 98.8 Å². The molecule has 0 aliphatic heterocycles. The first-order valence-corrected chi connectivity index (χ1v) is 14.9. The van der Waals surface area contributed by atoms with Crippen LogP contribution in [0.4, 0.5) is 0 Å². The molecule has 0 radical (unpaired) electrons. The molecule has 10 rings (SSSR count). The van der Waals surface area contributed by atoms with E-state index in [9.17, 15) is 0 Å². The number of benzene rings is 8. The molecule has 9 aromatic rings. The van der Waals surface area contributed by atoms with Crippen molar-refractivity contribution >= 4 is 54.3 Å². The molecule has 0 atom stereocenters. The van der Waals surface area contributed by atoms with Gasteiger partial charge in [-0.1, -0.05) is 133 Å². The number of fused-ring (bicyclic) bond motifs is 9. The molecule has 8 aromatic carbocycles. The summed E-state index contributed by atoms with van der Waals surface area (Å²) in [6, 6.07) is 52.9. The third kappa shape index (κ3) is 3.11. The summed E-state index contributed by atoms with van der Waals surface area (Å²) in [5.41, 5.74) is 11.9. The maximum Gasteiger partial charge on any atom is 0.143 e. The molecule has 0 saturated heterocycles. The molecule has 0 fully saturated rings. The monoisotopic (exact) mass is 544 g/mol. The number of hydrogen-bond donors (Lipinski definition) is 0. The second-order valence-corrected chi connectivity index (χ2v) is 11.6. The van der Waals surface area contributed by atoms with Crippen LogP contribution < -0.4 is 0 Å². The first-order valence-electron chi connectivity index (χ1n) is 14.9. The second-order valence-electron chi connectivity index (χ2n) is 11.6. The van der Waals surface area contributed by atoms with Gasteiger partial charge < -0.3 is 4.42 Å². The molecule has 0 amide bonds. The van der Waals surface area contributed by atoms with Crippen LogP contribution in [0, 0.1) is 0 Å². The lowest BCUT2D eigenvalue weighted by molar-refractivity contribution is 0.670. The fraction of sp³-hybridized carbons (Fsp3) is 0. The van der Waals surface area contributed by atoms with Crippen molar-refractivity contribution in [3.05, 3.63) is 146 Å². The third-order valence-electron chi connectivity index (χ3n) is 9.42. The zero-order valence-electron chi connectivity index (χ0n) is 23.3. The van der Waals surface area contributed by atoms with Gasteiger partial charge in [0.2, 0.25) is 0 Å². The summed E-state index contributed by atoms with van der Waals surface area (Å²) in [6.45, 7) is 0. The molecule has 1 aromatic heterocycles. The highest BCUT2D eigenvalue weighted by Crippen LogP contribution is 2.50. The summed E-state index contributed by atoms with van der Waals surface area (Å²) in [7, 11) is 0. The van der Waals surface area contributed by atoms with Crippen LogP contribution in [0.15, 0.2) is 150 Å². The summed E-state index contributed by atoms with van der Waals surface area (Å²) in [5, 5.41) is 10.00. The summed E-state index contributed by atoms with van der Waals surface area (Å²) < 4.78 is 6.70. The van der Waals surface area contributed by atoms with E-state index in [1.807, 2.05) is 0 Å². The molecule has 0 saturated carbocycles. The van der Waals surface area contributed by atoms with Gasteiger partial charge in [0.25, 0.3) is 0 Å². The number of furan rings is 1. The van der Waals surface area contributed by atoms with Gasteiger partial charge in [0.15, 0.2) is 0 Å². The molecule has 1 heterocycles. The molecule has 0 spiro atoms. The Morgan fingerprint density at radius 2 is 0.930 bits per heavy atom. The van der Waals surface area contributed by atoms with Crippen molar-refractivity contribution in [2.24, 2.45) is 0 Å². The molecular weight excluding hydrogens is 520 g/mol. The quantitative estimate of drug-likeness (QED) is 0.197. The van der Waals surface area contributed by atoms with Crippen molar-refractivity contribution in [3.8, 4) is 44.5 Å². The van der Waals surface area contributed by atoms with E-state index in [0.717, 1.165) is 27.7 Å². The van der Waals surface area contributed by atoms with Gasteiger partial charge >= 0.3 is 0 Å². The molecule has 1 heteroatoms. The van der Waals surface area contributed by atoms with Gasteiger partial charge in [-0.05, 0) is 83.4 Å². The predicted octanol–water partition coefficient (Wildman–Crippen LogP) is 12.0. The summed E-state index contributed by atoms with van der Waals surface area (Å²) >= 11 is 0. The molecule has 1 nitrogen and oxygen atoms in total. The van der Waals surface area contributed by atoms with E-state index in [4.69, 9.17) is 4.42 Å². The second kappa shape index (κ2) is 8.44. The summed E-state index contributed by atoms with van der Waals surface area (Å²) in [5.74, 6) is 0. The maximum atomic E-state index is 6.70. The van der Waals surface area contributed by atoms with Crippen LogP contribution >= 0.6 is 0 Å². The number of rotatable bonds is 2. The highest BCUT2D eigenvalue weighted by Gasteiger charge is 2.23. The SMILES string of the molecule is c1ccc2c(c1)-c1cccc3c(-c4cccc5oc6c(-c7ccc8c(ccc9ccccc98)c7)cccc6c45)ccc-2c13. The van der Waals surface area contributed by atoms with E-state index in [-0.39, 0.29) is 0 Å². The van der Waals surface area contributed by atoms with Crippen molar-refractivity contribution in [3.63, 3.8) is 0 Å². The Kier molecular flexibility index (Phi) is 4.51. The smallest absolute Gasteiger partial charge is 0.143 e. The first-order chi connectivity index (χ1) is 21.3. The zero-order valence-corrected chi connectivity index (χ0v) is 23.3. The van der Waals surface area contributed by atoms with Crippen LogP contribution in [-0.2, 0) is 0 Å². The summed E-state index contributed by atoms with van der Waals surface area (Å²) in [6.07, 6.45) is 0. The van der Waals surface area contributed by atoms with E-state index >= 15 is 0 Å². The minimum atomic E-state index is 0.915. The van der Waals surface area contributed by atoms with E-state index in [1.165, 1.54) is 71.1 Å². The van der Waals surface area contributed by atoms with Crippen molar-refractivity contribution in [2.75, 3.05) is 0 Å². The lowest BCUT2D eigenvalue weighted by atomic mass is 9.91. The lowest BCUT2D eigenvalue weighted by Gasteiger charge is -2.11. The molecule has 1 aliphatic rings. The van der Waals surface area contributed by atoms with Gasteiger partial charge in [0.1, 0.15) is 11.2 Å². The Morgan fingerprint density at radius 3 is 1.81 bits per heavy atom. The largest absolute Gasteiger partial charge is 0.455 e. The number of para-hydroxylation sites is 1. The van der Waals surface area contributed by atoms with Crippen molar-refractivity contribution in [1.82, 2.24) is 0 Å². The molecule has 1 aliphatic carbocycles. The van der Waals surface area contributed by atoms with E-state index < -0.39 is 0 Å². The molecular formula is C42H24O. The molecule has 198 valence electrons. The average molecular weight is 545 g/mol. The van der Waals surface area contributed by atoms with E-state index in [2.05, 4.69) is 146 Å². The van der Waals surface area contributed by atoms with Crippen LogP contribution in [0.5, 0.6) is 0 Å². The van der Waals surface area contributed by atoms with Gasteiger partial charge in [-0.2, -0.15) is 0 Å². The lowest BCUT2D eigenvalue weighted by Crippen LogP contribution is -1.85. The Balaban J connectivity index is 1.20. The van der Waals surface area contributed by atoms with Crippen molar-refractivity contribution in [2.45, 2.75) is 0 Å². The van der Waals surface area contributed by atoms with Crippen LogP contribution in [-0.4, -0.2) is 0 Å². The Morgan fingerprint density at radius 1 is 0.326 bits per heavy atom. The van der Waals surface area contributed by atoms with Gasteiger partial charge in [0, 0.05) is 16.3 Å². The third-order valence-corrected chi connectivity index (χ3v) is 9.42. The van der Waals surface area contributed by atoms with Gasteiger partial charge in [-0.3, -0.25) is 0 Å². The predicted molar refractivity (Wildman–Crippen MR) is 182 cm³/mol. The minimum Gasteiger partial charge on any atom is -0.455 e. The van der Waals surface area contributed by atoms with Gasteiger partial charge in [0.05, 0.1) is 0 Å². The summed E-state index contributed by atoms with van der Waals surface area (Å²) in [4.78, 5) is 0. The highest BCUT2D eigenvalue weighted by molar-refractivity contribution is 6.22. The first kappa shape index (κ1) is 23.0. The Bertz CT molecular complexity index is 2590. The van der Waals surface area contributed by atoms with Crippen molar-refractivity contribution < 1.29 is 4.42 Å². The highest BCUT2D eigenvalue weighted by atomic mass is 16.3. The molecule has 43 heavy (non-hydrogen) atoms. The van der Waals surface area contributed by atoms with E-state index in [1.54, 1.807) is 0 Å². The zero-order chi connectivity index (χ0) is 28.1. The van der Waals surface area contributed by atoms with Crippen LogP contribution in [0.3, 0.4) is 0 Å². The van der Waals surface area contributed by atoms with Crippen LogP contribution in [0.2, 0.25) is 0 Å². The molecule has 0 bridgehead atoms. The Hall–Kier alpha value is -5.66. The molecule has 0 N–H and O–H groups in total. The normalized spacial score (nSPS) is 12.2. The topological polar surface area (TPSA) is 13.1 Å². The fourth-order valence-corrected chi connectivity index (χ4v) is 7.52. The van der Waals surface area contributed by atoms with Crippen molar-refractivity contribution in [1.29, 1.82) is 0 Å². The van der Waals surface area contributed by atoms with E-state index in [0.29, 0.717) is 0 Å². The molecule has 0 unspecified atom stereocenters. The maximum absolute atomic E-state index is 6.70. The number of hydrogen-bond acceptors (Lipinski definition) is 1.